The number of rotatable bonds is 12. The summed E-state index contributed by atoms with van der Waals surface area (Å²) in [7, 11) is 0. The van der Waals surface area contributed by atoms with Crippen molar-refractivity contribution in [1.29, 1.82) is 0 Å². The summed E-state index contributed by atoms with van der Waals surface area (Å²) in [6, 6.07) is 142. The van der Waals surface area contributed by atoms with E-state index in [2.05, 4.69) is 291 Å². The van der Waals surface area contributed by atoms with Gasteiger partial charge in [-0.1, -0.05) is 358 Å². The van der Waals surface area contributed by atoms with E-state index in [1.54, 1.807) is 0 Å². The SMILES string of the molecule is c1ccc(-c2nc(-c3ccccc3)nc(-c3ccc(-c4ccc5c(c4)C(c4ccccc4)(c4ccccc4)c4ccccc4-5)c4oc5ccccc5c34)n2)cc1.c1ccc(-c2nc(-c3ccccc3)nc(-c3ccc(-c4ccc5c(c4)C(c4ccccc4)(c4ccccc4)c4ccccc4-5)c4sc5ccccc5c34)n2)cc1. The van der Waals surface area contributed by atoms with Crippen molar-refractivity contribution in [3.8, 4) is 113 Å². The third kappa shape index (κ3) is 10.8. The maximum Gasteiger partial charge on any atom is 0.164 e. The first-order valence-corrected chi connectivity index (χ1v) is 38.7. The summed E-state index contributed by atoms with van der Waals surface area (Å²) >= 11 is 1.84. The van der Waals surface area contributed by atoms with Crippen LogP contribution in [0.1, 0.15) is 44.5 Å². The number of thiophene rings is 1. The number of aromatic nitrogens is 6. The van der Waals surface area contributed by atoms with Gasteiger partial charge in [0.05, 0.1) is 10.8 Å². The smallest absolute Gasteiger partial charge is 0.164 e. The number of nitrogens with zero attached hydrogens (tertiary/aromatic N) is 6. The molecule has 0 aliphatic heterocycles. The molecule has 0 saturated heterocycles. The summed E-state index contributed by atoms with van der Waals surface area (Å²) in [4.78, 5) is 30.6. The molecule has 0 bridgehead atoms. The molecule has 0 radical (unpaired) electrons. The number of fused-ring (bicyclic) bond motifs is 12. The Morgan fingerprint density at radius 1 is 0.214 bits per heavy atom. The van der Waals surface area contributed by atoms with E-state index >= 15 is 0 Å². The van der Waals surface area contributed by atoms with E-state index in [1.165, 1.54) is 92.7 Å². The van der Waals surface area contributed by atoms with Crippen molar-refractivity contribution >= 4 is 53.4 Å². The maximum atomic E-state index is 6.86. The molecule has 524 valence electrons. The molecule has 16 aromatic carbocycles. The average molecular weight is 1450 g/mol. The van der Waals surface area contributed by atoms with Crippen molar-refractivity contribution in [2.75, 3.05) is 0 Å². The van der Waals surface area contributed by atoms with Gasteiger partial charge in [-0.25, -0.2) is 29.9 Å². The van der Waals surface area contributed by atoms with Gasteiger partial charge in [-0.15, -0.1) is 11.3 Å². The Morgan fingerprint density at radius 3 is 0.964 bits per heavy atom. The van der Waals surface area contributed by atoms with Crippen LogP contribution >= 0.6 is 11.3 Å². The highest BCUT2D eigenvalue weighted by Crippen LogP contribution is 2.60. The van der Waals surface area contributed by atoms with E-state index in [9.17, 15) is 0 Å². The molecular formula is C104H66N6OS. The molecule has 4 aromatic heterocycles. The van der Waals surface area contributed by atoms with Crippen molar-refractivity contribution in [2.24, 2.45) is 0 Å². The second-order valence-corrected chi connectivity index (χ2v) is 29.6. The maximum absolute atomic E-state index is 6.86. The zero-order chi connectivity index (χ0) is 74.1. The van der Waals surface area contributed by atoms with Gasteiger partial charge in [0.2, 0.25) is 0 Å². The van der Waals surface area contributed by atoms with Gasteiger partial charge in [-0.05, 0) is 126 Å². The number of benzene rings is 16. The molecule has 2 aliphatic rings. The summed E-state index contributed by atoms with van der Waals surface area (Å²) in [6.45, 7) is 0. The second-order valence-electron chi connectivity index (χ2n) is 28.6. The molecule has 8 heteroatoms. The number of furan rings is 1. The highest BCUT2D eigenvalue weighted by atomic mass is 32.1. The van der Waals surface area contributed by atoms with Gasteiger partial charge in [-0.2, -0.15) is 0 Å². The van der Waals surface area contributed by atoms with Gasteiger partial charge in [-0.3, -0.25) is 0 Å². The molecule has 0 saturated carbocycles. The Morgan fingerprint density at radius 2 is 0.527 bits per heavy atom. The number of hydrogen-bond donors (Lipinski definition) is 0. The molecule has 2 aliphatic carbocycles. The van der Waals surface area contributed by atoms with E-state index in [4.69, 9.17) is 34.3 Å². The molecular weight excluding hydrogens is 1380 g/mol. The number of hydrogen-bond acceptors (Lipinski definition) is 8. The predicted molar refractivity (Wildman–Crippen MR) is 458 cm³/mol. The lowest BCUT2D eigenvalue weighted by atomic mass is 9.67. The normalized spacial score (nSPS) is 12.8. The van der Waals surface area contributed by atoms with Crippen molar-refractivity contribution in [3.63, 3.8) is 0 Å². The summed E-state index contributed by atoms with van der Waals surface area (Å²) in [6.07, 6.45) is 0. The molecule has 0 atom stereocenters. The van der Waals surface area contributed by atoms with Crippen molar-refractivity contribution in [2.45, 2.75) is 10.8 Å². The van der Waals surface area contributed by atoms with Gasteiger partial charge in [0.25, 0.3) is 0 Å². The fraction of sp³-hybridized carbons (Fsp3) is 0.0192. The molecule has 0 amide bonds. The van der Waals surface area contributed by atoms with Crippen LogP contribution in [0, 0.1) is 0 Å². The van der Waals surface area contributed by atoms with Crippen LogP contribution in [0.3, 0.4) is 0 Å². The minimum absolute atomic E-state index is 0.476. The molecule has 20 aromatic rings. The Bertz CT molecular complexity index is 6360. The van der Waals surface area contributed by atoms with Crippen LogP contribution in [0.4, 0.5) is 0 Å². The molecule has 112 heavy (non-hydrogen) atoms. The Hall–Kier alpha value is -14.4. The molecule has 0 N–H and O–H groups in total. The first-order chi connectivity index (χ1) is 55.5. The fourth-order valence-corrected chi connectivity index (χ4v) is 18.8. The third-order valence-electron chi connectivity index (χ3n) is 22.5. The van der Waals surface area contributed by atoms with E-state index in [0.717, 1.165) is 71.8 Å². The summed E-state index contributed by atoms with van der Waals surface area (Å²) < 4.78 is 9.31. The quantitative estimate of drug-likeness (QED) is 0.120. The molecule has 0 spiro atoms. The first kappa shape index (κ1) is 65.8. The van der Waals surface area contributed by atoms with E-state index < -0.39 is 10.8 Å². The lowest BCUT2D eigenvalue weighted by Crippen LogP contribution is -2.28. The van der Waals surface area contributed by atoms with Gasteiger partial charge in [0.1, 0.15) is 11.2 Å². The number of para-hydroxylation sites is 1. The van der Waals surface area contributed by atoms with Gasteiger partial charge in [0, 0.05) is 69.9 Å². The van der Waals surface area contributed by atoms with Gasteiger partial charge in [0.15, 0.2) is 34.9 Å². The highest BCUT2D eigenvalue weighted by molar-refractivity contribution is 7.26. The van der Waals surface area contributed by atoms with Gasteiger partial charge >= 0.3 is 0 Å². The standard InChI is InChI=1S/C52H33N3O.C52H33N3S/c2*1-5-17-34(18-6-1)49-53-50(35-19-7-2-8-20-35)55-51(54-49)43-32-31-39(48-47(43)42-26-14-16-28-46(42)56-48)36-29-30-41-40-25-13-15-27-44(40)52(45(41)33-36,37-21-9-3-10-22-37)38-23-11-4-12-24-38/h2*1-33H. The summed E-state index contributed by atoms with van der Waals surface area (Å²) in [5, 5.41) is 4.35. The van der Waals surface area contributed by atoms with Crippen LogP contribution in [0.2, 0.25) is 0 Å². The largest absolute Gasteiger partial charge is 0.455 e. The van der Waals surface area contributed by atoms with Crippen LogP contribution in [0.15, 0.2) is 405 Å². The Balaban J connectivity index is 0.000000141. The van der Waals surface area contributed by atoms with Crippen molar-refractivity contribution in [1.82, 2.24) is 29.9 Å². The lowest BCUT2D eigenvalue weighted by Gasteiger charge is -2.34. The van der Waals surface area contributed by atoms with Crippen LogP contribution in [0.25, 0.3) is 155 Å². The molecule has 4 heterocycles. The monoisotopic (exact) mass is 1450 g/mol. The molecule has 7 nitrogen and oxygen atoms in total. The Labute approximate surface area is 651 Å². The average Bonchev–Trinajstić information content (AvgIpc) is 1.52. The van der Waals surface area contributed by atoms with E-state index in [0.29, 0.717) is 34.9 Å². The molecule has 0 fully saturated rings. The minimum Gasteiger partial charge on any atom is -0.455 e. The van der Waals surface area contributed by atoms with Crippen LogP contribution in [0.5, 0.6) is 0 Å². The highest BCUT2D eigenvalue weighted by Gasteiger charge is 2.48. The van der Waals surface area contributed by atoms with Crippen LogP contribution < -0.4 is 0 Å². The van der Waals surface area contributed by atoms with E-state index in [-0.39, 0.29) is 0 Å². The summed E-state index contributed by atoms with van der Waals surface area (Å²) in [5.41, 5.74) is 25.9. The molecule has 0 unspecified atom stereocenters. The zero-order valence-corrected chi connectivity index (χ0v) is 61.4. The first-order valence-electron chi connectivity index (χ1n) is 37.9. The zero-order valence-electron chi connectivity index (χ0n) is 60.6. The van der Waals surface area contributed by atoms with Crippen molar-refractivity contribution in [3.05, 3.63) is 445 Å². The topological polar surface area (TPSA) is 90.5 Å². The van der Waals surface area contributed by atoms with Crippen LogP contribution in [-0.4, -0.2) is 29.9 Å². The Kier molecular flexibility index (Phi) is 16.1. The fourth-order valence-electron chi connectivity index (χ4n) is 17.6. The second kappa shape index (κ2) is 27.3. The minimum atomic E-state index is -0.510. The summed E-state index contributed by atoms with van der Waals surface area (Å²) in [5.74, 6) is 3.81. The lowest BCUT2D eigenvalue weighted by molar-refractivity contribution is 0.670. The van der Waals surface area contributed by atoms with Crippen LogP contribution in [-0.2, 0) is 10.8 Å². The predicted octanol–water partition coefficient (Wildman–Crippen LogP) is 26.1. The van der Waals surface area contributed by atoms with Crippen molar-refractivity contribution < 1.29 is 4.42 Å². The van der Waals surface area contributed by atoms with E-state index in [1.807, 2.05) is 121 Å². The third-order valence-corrected chi connectivity index (χ3v) is 23.7. The molecule has 22 rings (SSSR count). The van der Waals surface area contributed by atoms with Gasteiger partial charge < -0.3 is 4.42 Å².